The van der Waals surface area contributed by atoms with Gasteiger partial charge in [-0.25, -0.2) is 4.79 Å². The number of morpholine rings is 1. The predicted octanol–water partition coefficient (Wildman–Crippen LogP) is 1.32. The summed E-state index contributed by atoms with van der Waals surface area (Å²) in [6.07, 6.45) is 0. The van der Waals surface area contributed by atoms with Crippen molar-refractivity contribution in [3.8, 4) is 0 Å². The lowest BCUT2D eigenvalue weighted by Crippen LogP contribution is -2.53. The minimum atomic E-state index is -0.617. The van der Waals surface area contributed by atoms with Crippen LogP contribution >= 0.6 is 11.8 Å². The van der Waals surface area contributed by atoms with E-state index in [0.29, 0.717) is 18.9 Å². The molecule has 1 aliphatic rings. The van der Waals surface area contributed by atoms with E-state index < -0.39 is 12.0 Å². The summed E-state index contributed by atoms with van der Waals surface area (Å²) in [4.78, 5) is 25.5. The molecule has 1 atom stereocenters. The van der Waals surface area contributed by atoms with Gasteiger partial charge in [-0.1, -0.05) is 30.3 Å². The van der Waals surface area contributed by atoms with Crippen LogP contribution in [0.25, 0.3) is 0 Å². The molecule has 1 heterocycles. The Morgan fingerprint density at radius 3 is 2.86 bits per heavy atom. The van der Waals surface area contributed by atoms with E-state index in [1.165, 1.54) is 12.7 Å². The maximum absolute atomic E-state index is 12.3. The van der Waals surface area contributed by atoms with Crippen LogP contribution < -0.4 is 0 Å². The molecule has 0 spiro atoms. The van der Waals surface area contributed by atoms with Gasteiger partial charge in [0.05, 0.1) is 26.1 Å². The van der Waals surface area contributed by atoms with Gasteiger partial charge in [-0.2, -0.15) is 0 Å². The zero-order chi connectivity index (χ0) is 15.1. The Morgan fingerprint density at radius 2 is 2.14 bits per heavy atom. The van der Waals surface area contributed by atoms with Crippen LogP contribution in [0.4, 0.5) is 0 Å². The molecule has 0 N–H and O–H groups in total. The number of esters is 1. The van der Waals surface area contributed by atoms with Gasteiger partial charge in [-0.05, 0) is 5.56 Å². The number of benzene rings is 1. The summed E-state index contributed by atoms with van der Waals surface area (Å²) in [6.45, 7) is 1.11. The van der Waals surface area contributed by atoms with Gasteiger partial charge < -0.3 is 14.4 Å². The van der Waals surface area contributed by atoms with Crippen LogP contribution in [0.5, 0.6) is 0 Å². The number of ether oxygens (including phenoxy) is 2. The molecule has 6 heteroatoms. The lowest BCUT2D eigenvalue weighted by atomic mass is 10.2. The molecular formula is C15H19NO4S. The first-order valence-electron chi connectivity index (χ1n) is 6.79. The van der Waals surface area contributed by atoms with Crippen molar-refractivity contribution in [2.24, 2.45) is 0 Å². The number of carbonyl (C=O) groups is 2. The average Bonchev–Trinajstić information content (AvgIpc) is 2.55. The van der Waals surface area contributed by atoms with Crippen molar-refractivity contribution >= 4 is 23.6 Å². The van der Waals surface area contributed by atoms with Crippen LogP contribution in [0, 0.1) is 0 Å². The summed E-state index contributed by atoms with van der Waals surface area (Å²) in [7, 11) is 1.32. The van der Waals surface area contributed by atoms with E-state index in [4.69, 9.17) is 9.47 Å². The molecule has 1 amide bonds. The first-order chi connectivity index (χ1) is 10.2. The summed E-state index contributed by atoms with van der Waals surface area (Å²) < 4.78 is 9.98. The summed E-state index contributed by atoms with van der Waals surface area (Å²) in [5, 5.41) is 0. The standard InChI is InChI=1S/C15H19NO4S/c1-19-15(18)13-9-20-8-7-16(13)14(17)11-21-10-12-5-3-2-4-6-12/h2-6,13H,7-11H2,1H3. The third kappa shape index (κ3) is 4.47. The number of amides is 1. The second-order valence-corrected chi connectivity index (χ2v) is 5.67. The summed E-state index contributed by atoms with van der Waals surface area (Å²) in [5.41, 5.74) is 1.18. The van der Waals surface area contributed by atoms with Gasteiger partial charge in [-0.3, -0.25) is 4.79 Å². The summed E-state index contributed by atoms with van der Waals surface area (Å²) in [5.74, 6) is 0.660. The predicted molar refractivity (Wildman–Crippen MR) is 80.9 cm³/mol. The third-order valence-corrected chi connectivity index (χ3v) is 4.25. The molecule has 1 aromatic rings. The molecule has 1 fully saturated rings. The average molecular weight is 309 g/mol. The van der Waals surface area contributed by atoms with Gasteiger partial charge in [0.2, 0.25) is 5.91 Å². The molecule has 1 aliphatic heterocycles. The van der Waals surface area contributed by atoms with Gasteiger partial charge in [0.25, 0.3) is 0 Å². The van der Waals surface area contributed by atoms with Gasteiger partial charge in [-0.15, -0.1) is 11.8 Å². The van der Waals surface area contributed by atoms with Crippen LogP contribution in [0.2, 0.25) is 0 Å². The SMILES string of the molecule is COC(=O)C1COCCN1C(=O)CSCc1ccccc1. The molecule has 0 aromatic heterocycles. The fourth-order valence-electron chi connectivity index (χ4n) is 2.15. The molecule has 21 heavy (non-hydrogen) atoms. The van der Waals surface area contributed by atoms with E-state index in [0.717, 1.165) is 5.75 Å². The highest BCUT2D eigenvalue weighted by molar-refractivity contribution is 7.99. The van der Waals surface area contributed by atoms with Crippen molar-refractivity contribution < 1.29 is 19.1 Å². The second-order valence-electron chi connectivity index (χ2n) is 4.68. The zero-order valence-corrected chi connectivity index (χ0v) is 12.8. The smallest absolute Gasteiger partial charge is 0.331 e. The van der Waals surface area contributed by atoms with E-state index in [1.54, 1.807) is 16.7 Å². The molecule has 114 valence electrons. The molecule has 0 saturated carbocycles. The highest BCUT2D eigenvalue weighted by Gasteiger charge is 2.33. The highest BCUT2D eigenvalue weighted by Crippen LogP contribution is 2.15. The first-order valence-corrected chi connectivity index (χ1v) is 7.94. The Morgan fingerprint density at radius 1 is 1.38 bits per heavy atom. The van der Waals surface area contributed by atoms with Crippen molar-refractivity contribution in [1.29, 1.82) is 0 Å². The van der Waals surface area contributed by atoms with Gasteiger partial charge >= 0.3 is 5.97 Å². The number of nitrogens with zero attached hydrogens (tertiary/aromatic N) is 1. The Hall–Kier alpha value is -1.53. The first kappa shape index (κ1) is 15.9. The molecule has 0 bridgehead atoms. The topological polar surface area (TPSA) is 55.8 Å². The van der Waals surface area contributed by atoms with Crippen LogP contribution in [-0.2, 0) is 24.8 Å². The molecule has 1 unspecified atom stereocenters. The van der Waals surface area contributed by atoms with Gasteiger partial charge in [0.1, 0.15) is 0 Å². The van der Waals surface area contributed by atoms with E-state index >= 15 is 0 Å². The van der Waals surface area contributed by atoms with Crippen LogP contribution in [0.15, 0.2) is 30.3 Å². The fourth-order valence-corrected chi connectivity index (χ4v) is 3.02. The maximum Gasteiger partial charge on any atom is 0.331 e. The number of hydrogen-bond acceptors (Lipinski definition) is 5. The van der Waals surface area contributed by atoms with E-state index in [-0.39, 0.29) is 12.5 Å². The fraction of sp³-hybridized carbons (Fsp3) is 0.467. The Balaban J connectivity index is 1.84. The normalized spacial score (nSPS) is 18.3. The Labute approximate surface area is 128 Å². The van der Waals surface area contributed by atoms with Crippen molar-refractivity contribution in [1.82, 2.24) is 4.90 Å². The van der Waals surface area contributed by atoms with Crippen molar-refractivity contribution in [2.75, 3.05) is 32.6 Å². The summed E-state index contributed by atoms with van der Waals surface area (Å²) in [6, 6.07) is 9.37. The number of methoxy groups -OCH3 is 1. The molecule has 5 nitrogen and oxygen atoms in total. The van der Waals surface area contributed by atoms with Crippen molar-refractivity contribution in [3.63, 3.8) is 0 Å². The van der Waals surface area contributed by atoms with Crippen LogP contribution in [0.3, 0.4) is 0 Å². The number of carbonyl (C=O) groups excluding carboxylic acids is 2. The van der Waals surface area contributed by atoms with Gasteiger partial charge in [0, 0.05) is 12.3 Å². The second kappa shape index (κ2) is 8.05. The largest absolute Gasteiger partial charge is 0.467 e. The van der Waals surface area contributed by atoms with Crippen molar-refractivity contribution in [3.05, 3.63) is 35.9 Å². The minimum Gasteiger partial charge on any atom is -0.467 e. The molecule has 0 aliphatic carbocycles. The Kier molecular flexibility index (Phi) is 6.07. The third-order valence-electron chi connectivity index (χ3n) is 3.26. The lowest BCUT2D eigenvalue weighted by Gasteiger charge is -2.33. The monoisotopic (exact) mass is 309 g/mol. The van der Waals surface area contributed by atoms with E-state index in [2.05, 4.69) is 0 Å². The zero-order valence-electron chi connectivity index (χ0n) is 12.0. The summed E-state index contributed by atoms with van der Waals surface area (Å²) >= 11 is 1.55. The molecule has 2 rings (SSSR count). The minimum absolute atomic E-state index is 0.0466. The van der Waals surface area contributed by atoms with Crippen LogP contribution in [-0.4, -0.2) is 55.4 Å². The van der Waals surface area contributed by atoms with Gasteiger partial charge in [0.15, 0.2) is 6.04 Å². The van der Waals surface area contributed by atoms with E-state index in [1.807, 2.05) is 30.3 Å². The van der Waals surface area contributed by atoms with E-state index in [9.17, 15) is 9.59 Å². The number of thioether (sulfide) groups is 1. The Bertz CT molecular complexity index is 480. The molecule has 1 saturated heterocycles. The van der Waals surface area contributed by atoms with Crippen LogP contribution in [0.1, 0.15) is 5.56 Å². The molecular weight excluding hydrogens is 290 g/mol. The number of rotatable bonds is 5. The molecule has 0 radical (unpaired) electrons. The lowest BCUT2D eigenvalue weighted by molar-refractivity contribution is -0.159. The molecule has 1 aromatic carbocycles. The van der Waals surface area contributed by atoms with Crippen molar-refractivity contribution in [2.45, 2.75) is 11.8 Å². The quantitative estimate of drug-likeness (QED) is 0.768. The highest BCUT2D eigenvalue weighted by atomic mass is 32.2. The maximum atomic E-state index is 12.3. The number of hydrogen-bond donors (Lipinski definition) is 0.